The summed E-state index contributed by atoms with van der Waals surface area (Å²) in [6.45, 7) is 3.95. The Kier molecular flexibility index (Phi) is 5.27. The summed E-state index contributed by atoms with van der Waals surface area (Å²) in [5.41, 5.74) is 0.920. The van der Waals surface area contributed by atoms with Crippen LogP contribution in [0.4, 0.5) is 0 Å². The number of piperazine rings is 1. The zero-order valence-electron chi connectivity index (χ0n) is 13.1. The molecule has 0 atom stereocenters. The standard InChI is InChI=1S/C15H23N3O3/c1-17-5-7-18(8-6-17)16-11-12-9-13(19-2)15(21-4)14(10-12)20-3/h9-11H,5-8H2,1-4H3/b16-11+. The van der Waals surface area contributed by atoms with E-state index in [2.05, 4.69) is 22.1 Å². The first-order valence-electron chi connectivity index (χ1n) is 6.95. The lowest BCUT2D eigenvalue weighted by Gasteiger charge is -2.30. The Labute approximate surface area is 125 Å². The van der Waals surface area contributed by atoms with Crippen molar-refractivity contribution in [2.45, 2.75) is 0 Å². The van der Waals surface area contributed by atoms with E-state index in [4.69, 9.17) is 14.2 Å². The smallest absolute Gasteiger partial charge is 0.203 e. The zero-order valence-corrected chi connectivity index (χ0v) is 13.1. The summed E-state index contributed by atoms with van der Waals surface area (Å²) in [4.78, 5) is 2.30. The Balaban J connectivity index is 2.16. The van der Waals surface area contributed by atoms with Gasteiger partial charge in [0.1, 0.15) is 0 Å². The molecular weight excluding hydrogens is 270 g/mol. The summed E-state index contributed by atoms with van der Waals surface area (Å²) in [7, 11) is 6.94. The quantitative estimate of drug-likeness (QED) is 0.766. The van der Waals surface area contributed by atoms with Gasteiger partial charge in [0.2, 0.25) is 5.75 Å². The Morgan fingerprint density at radius 2 is 1.52 bits per heavy atom. The van der Waals surface area contributed by atoms with Gasteiger partial charge >= 0.3 is 0 Å². The summed E-state index contributed by atoms with van der Waals surface area (Å²) < 4.78 is 16.0. The molecule has 0 saturated carbocycles. The number of likely N-dealkylation sites (N-methyl/N-ethyl adjacent to an activating group) is 1. The third-order valence-corrected chi connectivity index (χ3v) is 3.54. The summed E-state index contributed by atoms with van der Waals surface area (Å²) in [6, 6.07) is 3.78. The third-order valence-electron chi connectivity index (χ3n) is 3.54. The van der Waals surface area contributed by atoms with Crippen molar-refractivity contribution in [1.82, 2.24) is 9.91 Å². The lowest BCUT2D eigenvalue weighted by Crippen LogP contribution is -2.41. The molecule has 0 spiro atoms. The molecule has 6 nitrogen and oxygen atoms in total. The molecule has 0 N–H and O–H groups in total. The molecule has 0 bridgehead atoms. The minimum absolute atomic E-state index is 0.594. The van der Waals surface area contributed by atoms with Crippen molar-refractivity contribution in [2.75, 3.05) is 54.6 Å². The van der Waals surface area contributed by atoms with Crippen molar-refractivity contribution in [3.63, 3.8) is 0 Å². The van der Waals surface area contributed by atoms with Crippen LogP contribution in [0.15, 0.2) is 17.2 Å². The monoisotopic (exact) mass is 293 g/mol. The van der Waals surface area contributed by atoms with Gasteiger partial charge < -0.3 is 19.1 Å². The highest BCUT2D eigenvalue weighted by Gasteiger charge is 2.13. The van der Waals surface area contributed by atoms with E-state index in [0.717, 1.165) is 31.7 Å². The normalized spacial score (nSPS) is 16.3. The van der Waals surface area contributed by atoms with E-state index in [1.54, 1.807) is 21.3 Å². The molecule has 1 aromatic carbocycles. The Morgan fingerprint density at radius 1 is 0.952 bits per heavy atom. The number of benzene rings is 1. The molecule has 1 fully saturated rings. The molecule has 21 heavy (non-hydrogen) atoms. The highest BCUT2D eigenvalue weighted by molar-refractivity contribution is 5.82. The zero-order chi connectivity index (χ0) is 15.2. The molecule has 0 radical (unpaired) electrons. The van der Waals surface area contributed by atoms with E-state index in [9.17, 15) is 0 Å². The van der Waals surface area contributed by atoms with E-state index in [1.165, 1.54) is 0 Å². The SMILES string of the molecule is COc1cc(/C=N/N2CCN(C)CC2)cc(OC)c1OC. The van der Waals surface area contributed by atoms with Crippen molar-refractivity contribution in [3.8, 4) is 17.2 Å². The highest BCUT2D eigenvalue weighted by Crippen LogP contribution is 2.37. The fourth-order valence-electron chi connectivity index (χ4n) is 2.24. The fourth-order valence-corrected chi connectivity index (χ4v) is 2.24. The van der Waals surface area contributed by atoms with E-state index in [-0.39, 0.29) is 0 Å². The lowest BCUT2D eigenvalue weighted by atomic mass is 10.2. The maximum absolute atomic E-state index is 5.34. The van der Waals surface area contributed by atoms with Crippen molar-refractivity contribution in [2.24, 2.45) is 5.10 Å². The summed E-state index contributed by atoms with van der Waals surface area (Å²) >= 11 is 0. The Morgan fingerprint density at radius 3 is 2.00 bits per heavy atom. The van der Waals surface area contributed by atoms with Crippen molar-refractivity contribution in [1.29, 1.82) is 0 Å². The molecule has 1 heterocycles. The topological polar surface area (TPSA) is 46.5 Å². The van der Waals surface area contributed by atoms with Crippen LogP contribution >= 0.6 is 0 Å². The van der Waals surface area contributed by atoms with Gasteiger partial charge in [-0.3, -0.25) is 5.01 Å². The number of methoxy groups -OCH3 is 3. The van der Waals surface area contributed by atoms with Crippen LogP contribution in [0.25, 0.3) is 0 Å². The molecule has 1 aliphatic rings. The summed E-state index contributed by atoms with van der Waals surface area (Å²) in [6.07, 6.45) is 1.83. The lowest BCUT2D eigenvalue weighted by molar-refractivity contribution is 0.159. The molecule has 116 valence electrons. The molecule has 1 saturated heterocycles. The first-order chi connectivity index (χ1) is 10.2. The number of rotatable bonds is 5. The maximum Gasteiger partial charge on any atom is 0.203 e. The molecular formula is C15H23N3O3. The van der Waals surface area contributed by atoms with Crippen LogP contribution in [-0.2, 0) is 0 Å². The number of nitrogens with zero attached hydrogens (tertiary/aromatic N) is 3. The van der Waals surface area contributed by atoms with E-state index >= 15 is 0 Å². The molecule has 0 amide bonds. The average Bonchev–Trinajstić information content (AvgIpc) is 2.53. The fraction of sp³-hybridized carbons (Fsp3) is 0.533. The van der Waals surface area contributed by atoms with Crippen LogP contribution in [0.5, 0.6) is 17.2 Å². The van der Waals surface area contributed by atoms with Crippen LogP contribution < -0.4 is 14.2 Å². The predicted molar refractivity (Wildman–Crippen MR) is 82.8 cm³/mol. The summed E-state index contributed by atoms with van der Waals surface area (Å²) in [5, 5.41) is 6.60. The summed E-state index contributed by atoms with van der Waals surface area (Å²) in [5.74, 6) is 1.87. The highest BCUT2D eigenvalue weighted by atomic mass is 16.5. The second-order valence-corrected chi connectivity index (χ2v) is 4.96. The second-order valence-electron chi connectivity index (χ2n) is 4.96. The van der Waals surface area contributed by atoms with Crippen LogP contribution in [0.1, 0.15) is 5.56 Å². The van der Waals surface area contributed by atoms with Crippen LogP contribution in [0.2, 0.25) is 0 Å². The van der Waals surface area contributed by atoms with Crippen LogP contribution in [-0.4, -0.2) is 70.7 Å². The molecule has 0 aliphatic carbocycles. The minimum atomic E-state index is 0.594. The average molecular weight is 293 g/mol. The van der Waals surface area contributed by atoms with E-state index in [0.29, 0.717) is 17.2 Å². The van der Waals surface area contributed by atoms with Gasteiger partial charge in [0.05, 0.1) is 27.5 Å². The number of hydrazone groups is 1. The van der Waals surface area contributed by atoms with Gasteiger partial charge in [0.15, 0.2) is 11.5 Å². The second kappa shape index (κ2) is 7.17. The number of ether oxygens (including phenoxy) is 3. The molecule has 0 unspecified atom stereocenters. The Hall–Kier alpha value is -1.95. The molecule has 6 heteroatoms. The first-order valence-corrected chi connectivity index (χ1v) is 6.95. The van der Waals surface area contributed by atoms with Crippen molar-refractivity contribution in [3.05, 3.63) is 17.7 Å². The van der Waals surface area contributed by atoms with Gasteiger partial charge in [0.25, 0.3) is 0 Å². The van der Waals surface area contributed by atoms with E-state index < -0.39 is 0 Å². The largest absolute Gasteiger partial charge is 0.493 e. The van der Waals surface area contributed by atoms with Gasteiger partial charge in [0, 0.05) is 31.7 Å². The predicted octanol–water partition coefficient (Wildman–Crippen LogP) is 1.29. The van der Waals surface area contributed by atoms with Gasteiger partial charge in [-0.15, -0.1) is 0 Å². The number of hydrogen-bond donors (Lipinski definition) is 0. The van der Waals surface area contributed by atoms with Gasteiger partial charge in [-0.2, -0.15) is 5.10 Å². The van der Waals surface area contributed by atoms with Crippen molar-refractivity contribution >= 4 is 6.21 Å². The maximum atomic E-state index is 5.34. The van der Waals surface area contributed by atoms with Gasteiger partial charge in [-0.1, -0.05) is 0 Å². The van der Waals surface area contributed by atoms with E-state index in [1.807, 2.05) is 18.3 Å². The third kappa shape index (κ3) is 3.78. The van der Waals surface area contributed by atoms with Gasteiger partial charge in [-0.05, 0) is 19.2 Å². The van der Waals surface area contributed by atoms with Gasteiger partial charge in [-0.25, -0.2) is 0 Å². The number of hydrogen-bond acceptors (Lipinski definition) is 6. The first kappa shape index (κ1) is 15.4. The van der Waals surface area contributed by atoms with Crippen molar-refractivity contribution < 1.29 is 14.2 Å². The van der Waals surface area contributed by atoms with Crippen LogP contribution in [0.3, 0.4) is 0 Å². The Bertz CT molecular complexity index is 472. The molecule has 2 rings (SSSR count). The molecule has 1 aliphatic heterocycles. The minimum Gasteiger partial charge on any atom is -0.493 e. The molecule has 1 aromatic rings. The van der Waals surface area contributed by atoms with Crippen LogP contribution in [0, 0.1) is 0 Å². The molecule has 0 aromatic heterocycles.